The Labute approximate surface area is 154 Å². The Bertz CT molecular complexity index is 563. The maximum atomic E-state index is 12.0. The lowest BCUT2D eigenvalue weighted by Gasteiger charge is -2.15. The van der Waals surface area contributed by atoms with Gasteiger partial charge in [-0.2, -0.15) is 0 Å². The predicted molar refractivity (Wildman–Crippen MR) is 97.6 cm³/mol. The van der Waals surface area contributed by atoms with Gasteiger partial charge in [-0.25, -0.2) is 0 Å². The van der Waals surface area contributed by atoms with Crippen molar-refractivity contribution in [2.45, 2.75) is 39.5 Å². The number of hydrogen-bond acceptors (Lipinski definition) is 4. The molecule has 0 radical (unpaired) electrons. The Hall–Kier alpha value is -1.63. The zero-order valence-electron chi connectivity index (χ0n) is 14.7. The fourth-order valence-corrected chi connectivity index (χ4v) is 2.65. The molecule has 25 heavy (non-hydrogen) atoms. The predicted octanol–water partition coefficient (Wildman–Crippen LogP) is 2.06. The van der Waals surface area contributed by atoms with E-state index in [9.17, 15) is 9.59 Å². The molecule has 0 aliphatic carbocycles. The van der Waals surface area contributed by atoms with Crippen molar-refractivity contribution in [3.05, 3.63) is 35.4 Å². The number of hydrogen-bond donors (Lipinski definition) is 2. The molecule has 0 bridgehead atoms. The van der Waals surface area contributed by atoms with E-state index in [1.54, 1.807) is 0 Å². The quantitative estimate of drug-likeness (QED) is 0.732. The highest BCUT2D eigenvalue weighted by molar-refractivity contribution is 5.85. The maximum Gasteiger partial charge on any atom is 0.307 e. The number of nitrogens with one attached hydrogen (secondary N) is 1. The number of ether oxygens (including phenoxy) is 1. The van der Waals surface area contributed by atoms with Gasteiger partial charge in [0.05, 0.1) is 25.2 Å². The number of benzene rings is 1. The highest BCUT2D eigenvalue weighted by Gasteiger charge is 2.28. The molecular weight excluding hydrogens is 344 g/mol. The van der Waals surface area contributed by atoms with Crippen molar-refractivity contribution in [2.24, 2.45) is 5.92 Å². The molecular formula is C18H27ClN2O4. The molecule has 2 rings (SSSR count). The normalized spacial score (nSPS) is 17.3. The van der Waals surface area contributed by atoms with Gasteiger partial charge >= 0.3 is 5.97 Å². The summed E-state index contributed by atoms with van der Waals surface area (Å²) in [6.07, 6.45) is 0.818. The number of carbonyl (C=O) groups excluding carboxylic acids is 1. The van der Waals surface area contributed by atoms with Crippen LogP contribution in [0.5, 0.6) is 0 Å². The van der Waals surface area contributed by atoms with E-state index in [0.717, 1.165) is 11.1 Å². The summed E-state index contributed by atoms with van der Waals surface area (Å²) < 4.78 is 5.55. The number of amides is 1. The molecule has 1 saturated heterocycles. The molecule has 1 amide bonds. The molecule has 1 unspecified atom stereocenters. The molecule has 1 atom stereocenters. The fraction of sp³-hybridized carbons (Fsp3) is 0.556. The van der Waals surface area contributed by atoms with Crippen LogP contribution in [-0.2, 0) is 27.5 Å². The number of nitrogens with zero attached hydrogens (tertiary/aromatic N) is 1. The highest BCUT2D eigenvalue weighted by atomic mass is 35.5. The van der Waals surface area contributed by atoms with Crippen LogP contribution in [0.1, 0.15) is 31.4 Å². The van der Waals surface area contributed by atoms with E-state index >= 15 is 0 Å². The van der Waals surface area contributed by atoms with Crippen molar-refractivity contribution in [2.75, 3.05) is 19.6 Å². The SMILES string of the molecule is CC(C)OCc1ccc(CNC(=O)CN2CCC(C(=O)O)C2)cc1.Cl. The third kappa shape index (κ3) is 7.42. The van der Waals surface area contributed by atoms with E-state index in [1.807, 2.05) is 43.0 Å². The van der Waals surface area contributed by atoms with Crippen molar-refractivity contribution in [3.63, 3.8) is 0 Å². The van der Waals surface area contributed by atoms with Gasteiger partial charge in [0.1, 0.15) is 0 Å². The van der Waals surface area contributed by atoms with Crippen molar-refractivity contribution in [1.29, 1.82) is 0 Å². The van der Waals surface area contributed by atoms with Crippen molar-refractivity contribution < 1.29 is 19.4 Å². The lowest BCUT2D eigenvalue weighted by atomic mass is 10.1. The molecule has 1 heterocycles. The highest BCUT2D eigenvalue weighted by Crippen LogP contribution is 2.15. The summed E-state index contributed by atoms with van der Waals surface area (Å²) in [6, 6.07) is 7.97. The molecule has 1 fully saturated rings. The zero-order valence-corrected chi connectivity index (χ0v) is 15.6. The third-order valence-electron chi connectivity index (χ3n) is 4.08. The topological polar surface area (TPSA) is 78.9 Å². The van der Waals surface area contributed by atoms with E-state index in [2.05, 4.69) is 5.32 Å². The van der Waals surface area contributed by atoms with E-state index in [4.69, 9.17) is 9.84 Å². The smallest absolute Gasteiger partial charge is 0.307 e. The Morgan fingerprint density at radius 3 is 2.48 bits per heavy atom. The number of halogens is 1. The Morgan fingerprint density at radius 1 is 1.28 bits per heavy atom. The number of carboxylic acid groups (broad SMARTS) is 1. The second-order valence-electron chi connectivity index (χ2n) is 6.51. The van der Waals surface area contributed by atoms with E-state index in [1.165, 1.54) is 0 Å². The molecule has 0 saturated carbocycles. The molecule has 140 valence electrons. The second-order valence-corrected chi connectivity index (χ2v) is 6.51. The average molecular weight is 371 g/mol. The number of rotatable bonds is 8. The first-order chi connectivity index (χ1) is 11.4. The van der Waals surface area contributed by atoms with Crippen LogP contribution in [0.4, 0.5) is 0 Å². The van der Waals surface area contributed by atoms with Gasteiger partial charge in [-0.15, -0.1) is 12.4 Å². The maximum absolute atomic E-state index is 12.0. The van der Waals surface area contributed by atoms with E-state index < -0.39 is 5.97 Å². The molecule has 7 heteroatoms. The van der Waals surface area contributed by atoms with E-state index in [-0.39, 0.29) is 36.9 Å². The first-order valence-electron chi connectivity index (χ1n) is 8.35. The summed E-state index contributed by atoms with van der Waals surface area (Å²) in [5.74, 6) is -1.20. The fourth-order valence-electron chi connectivity index (χ4n) is 2.65. The van der Waals surface area contributed by atoms with Gasteiger partial charge in [0, 0.05) is 13.1 Å². The first kappa shape index (κ1) is 21.4. The molecule has 1 aromatic rings. The molecule has 6 nitrogen and oxygen atoms in total. The summed E-state index contributed by atoms with van der Waals surface area (Å²) in [5, 5.41) is 11.9. The standard InChI is InChI=1S/C18H26N2O4.ClH/c1-13(2)24-12-15-5-3-14(4-6-15)9-19-17(21)11-20-8-7-16(10-20)18(22)23;/h3-6,13,16H,7-12H2,1-2H3,(H,19,21)(H,22,23);1H. The van der Waals surface area contributed by atoms with Crippen molar-refractivity contribution in [3.8, 4) is 0 Å². The van der Waals surface area contributed by atoms with Gasteiger partial charge in [-0.05, 0) is 37.9 Å². The Balaban J connectivity index is 0.00000312. The lowest BCUT2D eigenvalue weighted by molar-refractivity contribution is -0.141. The molecule has 0 aromatic heterocycles. The third-order valence-corrected chi connectivity index (χ3v) is 4.08. The number of aliphatic carboxylic acids is 1. The van der Waals surface area contributed by atoms with Gasteiger partial charge in [0.25, 0.3) is 0 Å². The number of likely N-dealkylation sites (tertiary alicyclic amines) is 1. The van der Waals surface area contributed by atoms with E-state index in [0.29, 0.717) is 32.7 Å². The summed E-state index contributed by atoms with van der Waals surface area (Å²) >= 11 is 0. The van der Waals surface area contributed by atoms with Gasteiger partial charge in [0.15, 0.2) is 0 Å². The molecule has 2 N–H and O–H groups in total. The van der Waals surface area contributed by atoms with Crippen LogP contribution in [0.3, 0.4) is 0 Å². The van der Waals surface area contributed by atoms with Gasteiger partial charge in [0.2, 0.25) is 5.91 Å². The second kappa shape index (κ2) is 10.4. The monoisotopic (exact) mass is 370 g/mol. The number of carboxylic acids is 1. The first-order valence-corrected chi connectivity index (χ1v) is 8.35. The van der Waals surface area contributed by atoms with Crippen LogP contribution < -0.4 is 5.32 Å². The number of carbonyl (C=O) groups is 2. The molecule has 1 aliphatic heterocycles. The minimum atomic E-state index is -0.778. The summed E-state index contributed by atoms with van der Waals surface area (Å²) in [6.45, 7) is 6.43. The molecule has 1 aliphatic rings. The van der Waals surface area contributed by atoms with Crippen LogP contribution in [0.25, 0.3) is 0 Å². The lowest BCUT2D eigenvalue weighted by Crippen LogP contribution is -2.36. The summed E-state index contributed by atoms with van der Waals surface area (Å²) in [7, 11) is 0. The summed E-state index contributed by atoms with van der Waals surface area (Å²) in [4.78, 5) is 24.8. The molecule has 0 spiro atoms. The van der Waals surface area contributed by atoms with Crippen LogP contribution in [0.2, 0.25) is 0 Å². The van der Waals surface area contributed by atoms with Crippen LogP contribution in [-0.4, -0.2) is 47.6 Å². The van der Waals surface area contributed by atoms with Gasteiger partial charge < -0.3 is 15.2 Å². The van der Waals surface area contributed by atoms with Crippen molar-refractivity contribution >= 4 is 24.3 Å². The zero-order chi connectivity index (χ0) is 17.5. The van der Waals surface area contributed by atoms with Gasteiger partial charge in [-0.3, -0.25) is 14.5 Å². The minimum Gasteiger partial charge on any atom is -0.481 e. The van der Waals surface area contributed by atoms with Gasteiger partial charge in [-0.1, -0.05) is 24.3 Å². The van der Waals surface area contributed by atoms with Crippen LogP contribution >= 0.6 is 12.4 Å². The minimum absolute atomic E-state index is 0. The summed E-state index contributed by atoms with van der Waals surface area (Å²) in [5.41, 5.74) is 2.14. The average Bonchev–Trinajstić information content (AvgIpc) is 3.00. The largest absolute Gasteiger partial charge is 0.481 e. The Morgan fingerprint density at radius 2 is 1.92 bits per heavy atom. The molecule has 1 aromatic carbocycles. The Kier molecular flexibility index (Phi) is 8.89. The van der Waals surface area contributed by atoms with Crippen LogP contribution in [0, 0.1) is 5.92 Å². The van der Waals surface area contributed by atoms with Crippen LogP contribution in [0.15, 0.2) is 24.3 Å². The van der Waals surface area contributed by atoms with Crippen molar-refractivity contribution in [1.82, 2.24) is 10.2 Å².